The summed E-state index contributed by atoms with van der Waals surface area (Å²) >= 11 is 5.88. The van der Waals surface area contributed by atoms with Crippen LogP contribution in [0.3, 0.4) is 0 Å². The minimum absolute atomic E-state index is 0.148. The van der Waals surface area contributed by atoms with Crippen LogP contribution in [0.1, 0.15) is 19.8 Å². The number of benzene rings is 1. The highest BCUT2D eigenvalue weighted by Crippen LogP contribution is 2.15. The van der Waals surface area contributed by atoms with Gasteiger partial charge >= 0.3 is 0 Å². The number of nitrogens with one attached hydrogen (secondary N) is 2. The molecule has 0 aliphatic rings. The maximum atomic E-state index is 11.8. The summed E-state index contributed by atoms with van der Waals surface area (Å²) < 4.78 is 0. The van der Waals surface area contributed by atoms with E-state index in [0.29, 0.717) is 21.9 Å². The first-order valence-corrected chi connectivity index (χ1v) is 6.02. The summed E-state index contributed by atoms with van der Waals surface area (Å²) in [6.07, 6.45) is 2.13. The van der Waals surface area contributed by atoms with Crippen molar-refractivity contribution >= 4 is 28.5 Å². The third-order valence-electron chi connectivity index (χ3n) is 2.49. The molecular formula is C12H14ClN3O. The van der Waals surface area contributed by atoms with Crippen LogP contribution >= 0.6 is 11.6 Å². The number of nitrogens with zero attached hydrogens (tertiary/aromatic N) is 1. The third kappa shape index (κ3) is 2.77. The van der Waals surface area contributed by atoms with Crippen molar-refractivity contribution in [1.29, 1.82) is 0 Å². The van der Waals surface area contributed by atoms with Gasteiger partial charge < -0.3 is 5.32 Å². The quantitative estimate of drug-likeness (QED) is 0.822. The molecule has 0 radical (unpaired) electrons. The van der Waals surface area contributed by atoms with Crippen molar-refractivity contribution in [3.63, 3.8) is 0 Å². The van der Waals surface area contributed by atoms with E-state index in [-0.39, 0.29) is 5.56 Å². The van der Waals surface area contributed by atoms with E-state index >= 15 is 0 Å². The van der Waals surface area contributed by atoms with Gasteiger partial charge in [-0.25, -0.2) is 4.98 Å². The van der Waals surface area contributed by atoms with Crippen LogP contribution in [0.15, 0.2) is 23.0 Å². The summed E-state index contributed by atoms with van der Waals surface area (Å²) in [5.74, 6) is 0.498. The summed E-state index contributed by atoms with van der Waals surface area (Å²) in [6, 6.07) is 5.06. The van der Waals surface area contributed by atoms with Crippen LogP contribution < -0.4 is 10.9 Å². The van der Waals surface area contributed by atoms with Gasteiger partial charge in [-0.15, -0.1) is 0 Å². The van der Waals surface area contributed by atoms with Gasteiger partial charge in [0.05, 0.1) is 10.9 Å². The lowest BCUT2D eigenvalue weighted by Gasteiger charge is -2.05. The topological polar surface area (TPSA) is 57.8 Å². The Hall–Kier alpha value is -1.55. The first-order valence-electron chi connectivity index (χ1n) is 5.64. The second-order valence-corrected chi connectivity index (χ2v) is 4.29. The monoisotopic (exact) mass is 251 g/mol. The molecule has 5 heteroatoms. The van der Waals surface area contributed by atoms with E-state index in [1.165, 1.54) is 0 Å². The number of halogens is 1. The summed E-state index contributed by atoms with van der Waals surface area (Å²) in [5, 5.41) is 4.22. The van der Waals surface area contributed by atoms with Crippen molar-refractivity contribution in [3.05, 3.63) is 33.6 Å². The van der Waals surface area contributed by atoms with Gasteiger partial charge in [0, 0.05) is 11.6 Å². The number of aromatic nitrogens is 2. The fourth-order valence-electron chi connectivity index (χ4n) is 1.58. The number of aromatic amines is 1. The summed E-state index contributed by atoms with van der Waals surface area (Å²) in [6.45, 7) is 2.91. The Morgan fingerprint density at radius 1 is 1.47 bits per heavy atom. The smallest absolute Gasteiger partial charge is 0.260 e. The molecule has 0 atom stereocenters. The first-order chi connectivity index (χ1) is 8.20. The molecule has 0 bridgehead atoms. The van der Waals surface area contributed by atoms with Crippen LogP contribution in [-0.4, -0.2) is 16.5 Å². The molecule has 4 nitrogen and oxygen atoms in total. The normalized spacial score (nSPS) is 10.7. The van der Waals surface area contributed by atoms with Gasteiger partial charge in [-0.2, -0.15) is 0 Å². The lowest BCUT2D eigenvalue weighted by atomic mass is 10.2. The fourth-order valence-corrected chi connectivity index (χ4v) is 1.75. The third-order valence-corrected chi connectivity index (χ3v) is 2.73. The number of H-pyrrole nitrogens is 1. The van der Waals surface area contributed by atoms with Crippen LogP contribution in [0, 0.1) is 0 Å². The fraction of sp³-hybridized carbons (Fsp3) is 0.333. The Labute approximate surface area is 104 Å². The number of unbranched alkanes of at least 4 members (excludes halogenated alkanes) is 1. The molecule has 17 heavy (non-hydrogen) atoms. The van der Waals surface area contributed by atoms with Crippen molar-refractivity contribution in [2.75, 3.05) is 11.9 Å². The van der Waals surface area contributed by atoms with Crippen LogP contribution in [0.25, 0.3) is 10.9 Å². The molecule has 0 spiro atoms. The predicted molar refractivity (Wildman–Crippen MR) is 70.8 cm³/mol. The standard InChI is InChI=1S/C12H14ClN3O/c1-2-3-6-14-12-15-10-7-8(13)4-5-9(10)11(17)16-12/h4-5,7H,2-3,6H2,1H3,(H2,14,15,16,17). The Bertz CT molecular complexity index is 579. The van der Waals surface area contributed by atoms with Gasteiger partial charge in [-0.1, -0.05) is 24.9 Å². The van der Waals surface area contributed by atoms with Crippen molar-refractivity contribution in [2.45, 2.75) is 19.8 Å². The van der Waals surface area contributed by atoms with E-state index in [2.05, 4.69) is 22.2 Å². The van der Waals surface area contributed by atoms with Crippen molar-refractivity contribution < 1.29 is 0 Å². The van der Waals surface area contributed by atoms with Crippen LogP contribution in [-0.2, 0) is 0 Å². The maximum absolute atomic E-state index is 11.8. The summed E-state index contributed by atoms with van der Waals surface area (Å²) in [7, 11) is 0. The van der Waals surface area contributed by atoms with Gasteiger partial charge in [0.1, 0.15) is 0 Å². The second-order valence-electron chi connectivity index (χ2n) is 3.86. The molecule has 90 valence electrons. The zero-order chi connectivity index (χ0) is 12.3. The van der Waals surface area contributed by atoms with E-state index < -0.39 is 0 Å². The number of hydrogen-bond acceptors (Lipinski definition) is 3. The largest absolute Gasteiger partial charge is 0.356 e. The van der Waals surface area contributed by atoms with E-state index in [0.717, 1.165) is 19.4 Å². The zero-order valence-corrected chi connectivity index (χ0v) is 10.3. The van der Waals surface area contributed by atoms with E-state index in [1.54, 1.807) is 18.2 Å². The minimum atomic E-state index is -0.148. The molecule has 0 aliphatic carbocycles. The predicted octanol–water partition coefficient (Wildman–Crippen LogP) is 2.79. The first kappa shape index (κ1) is 11.9. The van der Waals surface area contributed by atoms with Crippen molar-refractivity contribution in [2.24, 2.45) is 0 Å². The molecule has 0 unspecified atom stereocenters. The number of anilines is 1. The Kier molecular flexibility index (Phi) is 3.64. The zero-order valence-electron chi connectivity index (χ0n) is 9.59. The highest BCUT2D eigenvalue weighted by atomic mass is 35.5. The molecule has 0 saturated heterocycles. The highest BCUT2D eigenvalue weighted by Gasteiger charge is 2.03. The average Bonchev–Trinajstić information content (AvgIpc) is 2.28. The molecule has 0 fully saturated rings. The van der Waals surface area contributed by atoms with Crippen LogP contribution in [0.4, 0.5) is 5.95 Å². The second kappa shape index (κ2) is 5.19. The Morgan fingerprint density at radius 2 is 2.29 bits per heavy atom. The molecule has 2 rings (SSSR count). The van der Waals surface area contributed by atoms with Gasteiger partial charge in [-0.3, -0.25) is 9.78 Å². The highest BCUT2D eigenvalue weighted by molar-refractivity contribution is 6.31. The minimum Gasteiger partial charge on any atom is -0.356 e. The van der Waals surface area contributed by atoms with E-state index in [4.69, 9.17) is 11.6 Å². The SMILES string of the molecule is CCCCNc1nc2cc(Cl)ccc2c(=O)[nH]1. The summed E-state index contributed by atoms with van der Waals surface area (Å²) in [5.41, 5.74) is 0.464. The number of fused-ring (bicyclic) bond motifs is 1. The van der Waals surface area contributed by atoms with E-state index in [1.807, 2.05) is 0 Å². The van der Waals surface area contributed by atoms with Crippen LogP contribution in [0.2, 0.25) is 5.02 Å². The van der Waals surface area contributed by atoms with Gasteiger partial charge in [0.2, 0.25) is 5.95 Å². The maximum Gasteiger partial charge on any atom is 0.260 e. The Balaban J connectivity index is 2.36. The molecule has 0 amide bonds. The van der Waals surface area contributed by atoms with E-state index in [9.17, 15) is 4.79 Å². The lowest BCUT2D eigenvalue weighted by molar-refractivity contribution is 0.826. The van der Waals surface area contributed by atoms with Crippen molar-refractivity contribution in [1.82, 2.24) is 9.97 Å². The van der Waals surface area contributed by atoms with Gasteiger partial charge in [0.25, 0.3) is 5.56 Å². The molecule has 0 aliphatic heterocycles. The number of hydrogen-bond donors (Lipinski definition) is 2. The molecular weight excluding hydrogens is 238 g/mol. The number of rotatable bonds is 4. The lowest BCUT2D eigenvalue weighted by Crippen LogP contribution is -2.13. The molecule has 1 aromatic heterocycles. The van der Waals surface area contributed by atoms with Gasteiger partial charge in [0.15, 0.2) is 0 Å². The van der Waals surface area contributed by atoms with Crippen molar-refractivity contribution in [3.8, 4) is 0 Å². The molecule has 1 aromatic carbocycles. The van der Waals surface area contributed by atoms with Crippen LogP contribution in [0.5, 0.6) is 0 Å². The Morgan fingerprint density at radius 3 is 3.06 bits per heavy atom. The molecule has 2 aromatic rings. The molecule has 2 N–H and O–H groups in total. The summed E-state index contributed by atoms with van der Waals surface area (Å²) in [4.78, 5) is 18.8. The molecule has 0 saturated carbocycles. The average molecular weight is 252 g/mol. The van der Waals surface area contributed by atoms with Gasteiger partial charge in [-0.05, 0) is 24.6 Å². The molecule has 1 heterocycles.